The Labute approximate surface area is 130 Å². The Morgan fingerprint density at radius 1 is 1.18 bits per heavy atom. The Bertz CT molecular complexity index is 655. The molecule has 2 aromatic rings. The van der Waals surface area contributed by atoms with Gasteiger partial charge < -0.3 is 15.5 Å². The molecule has 1 saturated carbocycles. The molecule has 4 nitrogen and oxygen atoms in total. The largest absolute Gasteiger partial charge is 0.461 e. The van der Waals surface area contributed by atoms with Crippen molar-refractivity contribution in [2.45, 2.75) is 44.7 Å². The molecule has 0 atom stereocenters. The Hall–Kier alpha value is -2.07. The number of nitrogens with two attached hydrogens (primary N) is 1. The van der Waals surface area contributed by atoms with Gasteiger partial charge in [-0.3, -0.25) is 4.79 Å². The van der Waals surface area contributed by atoms with Crippen LogP contribution in [0, 0.1) is 6.92 Å². The van der Waals surface area contributed by atoms with E-state index in [-0.39, 0.29) is 11.9 Å². The molecule has 0 aliphatic heterocycles. The van der Waals surface area contributed by atoms with Crippen molar-refractivity contribution in [2.75, 3.05) is 0 Å². The van der Waals surface area contributed by atoms with Crippen molar-refractivity contribution in [1.82, 2.24) is 5.32 Å². The molecule has 22 heavy (non-hydrogen) atoms. The predicted octanol–water partition coefficient (Wildman–Crippen LogP) is 3.25. The summed E-state index contributed by atoms with van der Waals surface area (Å²) in [6.45, 7) is 1.91. The van der Waals surface area contributed by atoms with Gasteiger partial charge in [-0.05, 0) is 56.9 Å². The summed E-state index contributed by atoms with van der Waals surface area (Å²) in [5.74, 6) is 1.63. The Balaban J connectivity index is 1.70. The molecule has 4 heteroatoms. The summed E-state index contributed by atoms with van der Waals surface area (Å²) in [7, 11) is 0. The molecule has 1 aliphatic rings. The standard InChI is InChI=1S/C18H22N2O2/c1-12-5-10-17(22-12)13-3-2-4-14(11-13)18(21)20-16-8-6-15(19)7-9-16/h2-5,10-11,15-16H,6-9,19H2,1H3,(H,20,21). The lowest BCUT2D eigenvalue weighted by Gasteiger charge is -2.26. The fraction of sp³-hybridized carbons (Fsp3) is 0.389. The number of aryl methyl sites for hydroxylation is 1. The monoisotopic (exact) mass is 298 g/mol. The minimum Gasteiger partial charge on any atom is -0.461 e. The zero-order chi connectivity index (χ0) is 15.5. The van der Waals surface area contributed by atoms with E-state index in [1.54, 1.807) is 0 Å². The van der Waals surface area contributed by atoms with Crippen molar-refractivity contribution in [1.29, 1.82) is 0 Å². The summed E-state index contributed by atoms with van der Waals surface area (Å²) in [5, 5.41) is 3.11. The van der Waals surface area contributed by atoms with Gasteiger partial charge in [0.2, 0.25) is 0 Å². The lowest BCUT2D eigenvalue weighted by molar-refractivity contribution is 0.0926. The molecule has 0 spiro atoms. The van der Waals surface area contributed by atoms with Gasteiger partial charge in [-0.2, -0.15) is 0 Å². The van der Waals surface area contributed by atoms with E-state index in [0.29, 0.717) is 11.6 Å². The highest BCUT2D eigenvalue weighted by Gasteiger charge is 2.20. The third-order valence-electron chi connectivity index (χ3n) is 4.26. The smallest absolute Gasteiger partial charge is 0.251 e. The molecule has 0 bridgehead atoms. The van der Waals surface area contributed by atoms with Crippen LogP contribution in [0.15, 0.2) is 40.8 Å². The number of carbonyl (C=O) groups excluding carboxylic acids is 1. The average Bonchev–Trinajstić information content (AvgIpc) is 2.96. The lowest BCUT2D eigenvalue weighted by Crippen LogP contribution is -2.40. The maximum Gasteiger partial charge on any atom is 0.251 e. The number of benzene rings is 1. The molecule has 0 unspecified atom stereocenters. The maximum atomic E-state index is 12.4. The van der Waals surface area contributed by atoms with E-state index in [9.17, 15) is 4.79 Å². The molecular weight excluding hydrogens is 276 g/mol. The van der Waals surface area contributed by atoms with Crippen LogP contribution >= 0.6 is 0 Å². The molecule has 0 saturated heterocycles. The first-order valence-corrected chi connectivity index (χ1v) is 7.85. The molecule has 1 amide bonds. The predicted molar refractivity (Wildman–Crippen MR) is 86.6 cm³/mol. The highest BCUT2D eigenvalue weighted by atomic mass is 16.3. The zero-order valence-corrected chi connectivity index (χ0v) is 12.8. The molecule has 1 aromatic carbocycles. The van der Waals surface area contributed by atoms with Crippen LogP contribution < -0.4 is 11.1 Å². The molecule has 1 heterocycles. The summed E-state index contributed by atoms with van der Waals surface area (Å²) in [6, 6.07) is 11.9. The molecule has 3 rings (SSSR count). The maximum absolute atomic E-state index is 12.4. The number of carbonyl (C=O) groups is 1. The van der Waals surface area contributed by atoms with Crippen LogP contribution in [0.25, 0.3) is 11.3 Å². The minimum absolute atomic E-state index is 0.0226. The fourth-order valence-corrected chi connectivity index (χ4v) is 2.94. The number of hydrogen-bond donors (Lipinski definition) is 2. The van der Waals surface area contributed by atoms with Gasteiger partial charge in [0.05, 0.1) is 0 Å². The summed E-state index contributed by atoms with van der Waals surface area (Å²) in [5.41, 5.74) is 7.49. The SMILES string of the molecule is Cc1ccc(-c2cccc(C(=O)NC3CCC(N)CC3)c2)o1. The van der Waals surface area contributed by atoms with Gasteiger partial charge in [-0.25, -0.2) is 0 Å². The van der Waals surface area contributed by atoms with Crippen LogP contribution in [0.2, 0.25) is 0 Å². The van der Waals surface area contributed by atoms with Gasteiger partial charge in [-0.1, -0.05) is 12.1 Å². The first-order chi connectivity index (χ1) is 10.6. The van der Waals surface area contributed by atoms with Crippen LogP contribution in [0.1, 0.15) is 41.8 Å². The molecular formula is C18H22N2O2. The Morgan fingerprint density at radius 2 is 1.95 bits per heavy atom. The van der Waals surface area contributed by atoms with Gasteiger partial charge in [0, 0.05) is 23.2 Å². The second kappa shape index (κ2) is 6.36. The van der Waals surface area contributed by atoms with E-state index >= 15 is 0 Å². The van der Waals surface area contributed by atoms with Gasteiger partial charge >= 0.3 is 0 Å². The number of furan rings is 1. The highest BCUT2D eigenvalue weighted by Crippen LogP contribution is 2.23. The van der Waals surface area contributed by atoms with E-state index in [0.717, 1.165) is 42.8 Å². The summed E-state index contributed by atoms with van der Waals surface area (Å²) in [6.07, 6.45) is 3.89. The summed E-state index contributed by atoms with van der Waals surface area (Å²) in [4.78, 5) is 12.4. The molecule has 116 valence electrons. The molecule has 3 N–H and O–H groups in total. The van der Waals surface area contributed by atoms with Crippen molar-refractivity contribution < 1.29 is 9.21 Å². The second-order valence-corrected chi connectivity index (χ2v) is 6.08. The first-order valence-electron chi connectivity index (χ1n) is 7.85. The van der Waals surface area contributed by atoms with Crippen LogP contribution in [0.4, 0.5) is 0 Å². The van der Waals surface area contributed by atoms with Crippen molar-refractivity contribution >= 4 is 5.91 Å². The average molecular weight is 298 g/mol. The van der Waals surface area contributed by atoms with Crippen molar-refractivity contribution in [3.05, 3.63) is 47.7 Å². The number of hydrogen-bond acceptors (Lipinski definition) is 3. The van der Waals surface area contributed by atoms with Gasteiger partial charge in [-0.15, -0.1) is 0 Å². The second-order valence-electron chi connectivity index (χ2n) is 6.08. The van der Waals surface area contributed by atoms with E-state index in [1.165, 1.54) is 0 Å². The Morgan fingerprint density at radius 3 is 2.64 bits per heavy atom. The molecule has 1 aliphatic carbocycles. The topological polar surface area (TPSA) is 68.3 Å². The molecule has 0 radical (unpaired) electrons. The normalized spacial score (nSPS) is 21.5. The van der Waals surface area contributed by atoms with Crippen LogP contribution in [-0.2, 0) is 0 Å². The molecule has 1 aromatic heterocycles. The first kappa shape index (κ1) is 14.9. The fourth-order valence-electron chi connectivity index (χ4n) is 2.94. The van der Waals surface area contributed by atoms with E-state index < -0.39 is 0 Å². The van der Waals surface area contributed by atoms with Crippen LogP contribution in [0.3, 0.4) is 0 Å². The van der Waals surface area contributed by atoms with Crippen LogP contribution in [0.5, 0.6) is 0 Å². The lowest BCUT2D eigenvalue weighted by atomic mass is 9.91. The van der Waals surface area contributed by atoms with Gasteiger partial charge in [0.1, 0.15) is 11.5 Å². The summed E-state index contributed by atoms with van der Waals surface area (Å²) >= 11 is 0. The highest BCUT2D eigenvalue weighted by molar-refractivity contribution is 5.95. The van der Waals surface area contributed by atoms with Crippen molar-refractivity contribution in [2.24, 2.45) is 5.73 Å². The quantitative estimate of drug-likeness (QED) is 0.914. The number of amides is 1. The van der Waals surface area contributed by atoms with E-state index in [1.807, 2.05) is 43.3 Å². The van der Waals surface area contributed by atoms with E-state index in [2.05, 4.69) is 5.32 Å². The van der Waals surface area contributed by atoms with Crippen molar-refractivity contribution in [3.8, 4) is 11.3 Å². The zero-order valence-electron chi connectivity index (χ0n) is 12.8. The van der Waals surface area contributed by atoms with Gasteiger partial charge in [0.15, 0.2) is 0 Å². The third-order valence-corrected chi connectivity index (χ3v) is 4.26. The third kappa shape index (κ3) is 3.39. The van der Waals surface area contributed by atoms with Gasteiger partial charge in [0.25, 0.3) is 5.91 Å². The minimum atomic E-state index is -0.0226. The van der Waals surface area contributed by atoms with Crippen molar-refractivity contribution in [3.63, 3.8) is 0 Å². The van der Waals surface area contributed by atoms with Crippen LogP contribution in [-0.4, -0.2) is 18.0 Å². The molecule has 1 fully saturated rings. The number of nitrogens with one attached hydrogen (secondary N) is 1. The summed E-state index contributed by atoms with van der Waals surface area (Å²) < 4.78 is 5.62. The Kier molecular flexibility index (Phi) is 4.29. The number of rotatable bonds is 3. The van der Waals surface area contributed by atoms with E-state index in [4.69, 9.17) is 10.2 Å².